The number of β-amino-alcohol motifs (C(OH)–C–C–N with tert-alkyl or cyclic N) is 1. The quantitative estimate of drug-likeness (QED) is 0.328. The predicted molar refractivity (Wildman–Crippen MR) is 70.7 cm³/mol. The van der Waals surface area contributed by atoms with Gasteiger partial charge in [0, 0.05) is 19.1 Å². The molecule has 0 radical (unpaired) electrons. The number of hydrogen-bond acceptors (Lipinski definition) is 5. The van der Waals surface area contributed by atoms with Crippen LogP contribution in [-0.2, 0) is 4.79 Å². The van der Waals surface area contributed by atoms with Crippen molar-refractivity contribution in [3.63, 3.8) is 0 Å². The molecule has 3 atom stereocenters. The lowest BCUT2D eigenvalue weighted by molar-refractivity contribution is -0.127. The summed E-state index contributed by atoms with van der Waals surface area (Å²) in [6.45, 7) is 3.44. The third-order valence-electron chi connectivity index (χ3n) is 3.42. The minimum Gasteiger partial charge on any atom is -0.392 e. The molecule has 0 spiro atoms. The molecule has 1 saturated heterocycles. The van der Waals surface area contributed by atoms with Crippen molar-refractivity contribution in [1.82, 2.24) is 15.2 Å². The molecule has 18 heavy (non-hydrogen) atoms. The lowest BCUT2D eigenvalue weighted by atomic mass is 10.1. The second kappa shape index (κ2) is 7.04. The van der Waals surface area contributed by atoms with Crippen molar-refractivity contribution in [1.29, 1.82) is 0 Å². The summed E-state index contributed by atoms with van der Waals surface area (Å²) >= 11 is 0. The molecule has 6 nitrogen and oxygen atoms in total. The number of nitrogens with two attached hydrogens (primary N) is 1. The Labute approximate surface area is 109 Å². The Bertz CT molecular complexity index is 273. The topological polar surface area (TPSA) is 81.8 Å². The molecule has 0 bridgehead atoms. The number of nitrogens with one attached hydrogen (secondary N) is 1. The van der Waals surface area contributed by atoms with Crippen molar-refractivity contribution < 1.29 is 9.90 Å². The van der Waals surface area contributed by atoms with E-state index in [-0.39, 0.29) is 24.1 Å². The summed E-state index contributed by atoms with van der Waals surface area (Å²) in [5, 5.41) is 9.83. The van der Waals surface area contributed by atoms with Gasteiger partial charge in [-0.2, -0.15) is 0 Å². The molecule has 6 heteroatoms. The summed E-state index contributed by atoms with van der Waals surface area (Å²) in [6, 6.07) is -0.0223. The average molecular weight is 258 g/mol. The first-order valence-electron chi connectivity index (χ1n) is 6.58. The summed E-state index contributed by atoms with van der Waals surface area (Å²) < 4.78 is 0. The average Bonchev–Trinajstić information content (AvgIpc) is 2.65. The number of amides is 1. The number of likely N-dealkylation sites (N-methyl/N-ethyl adjacent to an activating group) is 1. The van der Waals surface area contributed by atoms with Gasteiger partial charge >= 0.3 is 0 Å². The van der Waals surface area contributed by atoms with Crippen LogP contribution < -0.4 is 11.3 Å². The van der Waals surface area contributed by atoms with Crippen LogP contribution in [0.2, 0.25) is 0 Å². The van der Waals surface area contributed by atoms with Gasteiger partial charge < -0.3 is 10.0 Å². The van der Waals surface area contributed by atoms with Gasteiger partial charge in [0.25, 0.3) is 5.91 Å². The molecular weight excluding hydrogens is 232 g/mol. The highest BCUT2D eigenvalue weighted by atomic mass is 16.3. The van der Waals surface area contributed by atoms with Crippen LogP contribution >= 0.6 is 0 Å². The van der Waals surface area contributed by atoms with Crippen molar-refractivity contribution in [3.05, 3.63) is 0 Å². The first-order chi connectivity index (χ1) is 8.49. The van der Waals surface area contributed by atoms with E-state index in [0.717, 1.165) is 25.8 Å². The van der Waals surface area contributed by atoms with E-state index in [2.05, 4.69) is 15.2 Å². The maximum atomic E-state index is 11.9. The summed E-state index contributed by atoms with van der Waals surface area (Å²) in [6.07, 6.45) is 2.05. The van der Waals surface area contributed by atoms with Gasteiger partial charge in [0.05, 0.1) is 12.1 Å². The van der Waals surface area contributed by atoms with Crippen LogP contribution in [-0.4, -0.2) is 66.2 Å². The Morgan fingerprint density at radius 1 is 1.61 bits per heavy atom. The predicted octanol–water partition coefficient (Wildman–Crippen LogP) is -0.858. The number of aliphatic hydroxyl groups excluding tert-OH is 1. The smallest absolute Gasteiger partial charge is 0.251 e. The van der Waals surface area contributed by atoms with Gasteiger partial charge in [-0.1, -0.05) is 13.3 Å². The first-order valence-corrected chi connectivity index (χ1v) is 6.58. The monoisotopic (exact) mass is 258 g/mol. The number of nitrogens with zero attached hydrogens (tertiary/aromatic N) is 2. The second-order valence-corrected chi connectivity index (χ2v) is 5.32. The standard InChI is InChI=1S/C12H26N4O2/c1-4-5-11(12(18)14-13)16-8-10(17)6-9(16)7-15(2)3/h9-11,17H,4-8,13H2,1-3H3,(H,14,18). The van der Waals surface area contributed by atoms with Crippen molar-refractivity contribution in [3.8, 4) is 0 Å². The summed E-state index contributed by atoms with van der Waals surface area (Å²) in [5.74, 6) is 5.10. The van der Waals surface area contributed by atoms with E-state index < -0.39 is 0 Å². The maximum absolute atomic E-state index is 11.9. The van der Waals surface area contributed by atoms with Crippen molar-refractivity contribution >= 4 is 5.91 Å². The zero-order valence-electron chi connectivity index (χ0n) is 11.6. The van der Waals surface area contributed by atoms with Crippen molar-refractivity contribution in [2.24, 2.45) is 5.84 Å². The van der Waals surface area contributed by atoms with Crippen LogP contribution in [0, 0.1) is 0 Å². The van der Waals surface area contributed by atoms with E-state index in [9.17, 15) is 9.90 Å². The highest BCUT2D eigenvalue weighted by Gasteiger charge is 2.38. The molecule has 1 rings (SSSR count). The Morgan fingerprint density at radius 3 is 2.78 bits per heavy atom. The number of hydrazine groups is 1. The highest BCUT2D eigenvalue weighted by Crippen LogP contribution is 2.23. The number of rotatable bonds is 6. The lowest BCUT2D eigenvalue weighted by Crippen LogP contribution is -2.52. The Morgan fingerprint density at radius 2 is 2.28 bits per heavy atom. The highest BCUT2D eigenvalue weighted by molar-refractivity contribution is 5.81. The molecule has 0 aliphatic carbocycles. The fraction of sp³-hybridized carbons (Fsp3) is 0.917. The normalized spacial score (nSPS) is 26.6. The van der Waals surface area contributed by atoms with E-state index in [4.69, 9.17) is 5.84 Å². The number of carbonyl (C=O) groups excluding carboxylic acids is 1. The van der Waals surface area contributed by atoms with E-state index in [1.54, 1.807) is 0 Å². The third kappa shape index (κ3) is 3.91. The van der Waals surface area contributed by atoms with Crippen molar-refractivity contribution in [2.75, 3.05) is 27.2 Å². The lowest BCUT2D eigenvalue weighted by Gasteiger charge is -2.32. The zero-order valence-corrected chi connectivity index (χ0v) is 11.6. The molecule has 0 aromatic rings. The van der Waals surface area contributed by atoms with E-state index in [0.29, 0.717) is 6.54 Å². The first kappa shape index (κ1) is 15.4. The van der Waals surface area contributed by atoms with E-state index in [1.807, 2.05) is 21.0 Å². The molecule has 0 aromatic heterocycles. The van der Waals surface area contributed by atoms with Gasteiger partial charge in [-0.3, -0.25) is 15.1 Å². The van der Waals surface area contributed by atoms with Gasteiger partial charge in [-0.25, -0.2) is 5.84 Å². The molecule has 0 saturated carbocycles. The largest absolute Gasteiger partial charge is 0.392 e. The van der Waals surface area contributed by atoms with E-state index in [1.165, 1.54) is 0 Å². The number of hydrogen-bond donors (Lipinski definition) is 3. The summed E-state index contributed by atoms with van der Waals surface area (Å²) in [4.78, 5) is 16.0. The van der Waals surface area contributed by atoms with Crippen LogP contribution in [0.4, 0.5) is 0 Å². The second-order valence-electron chi connectivity index (χ2n) is 5.32. The summed E-state index contributed by atoms with van der Waals surface area (Å²) in [7, 11) is 4.00. The molecule has 106 valence electrons. The number of likely N-dealkylation sites (tertiary alicyclic amines) is 1. The molecule has 0 aromatic carbocycles. The van der Waals surface area contributed by atoms with Crippen LogP contribution in [0.5, 0.6) is 0 Å². The van der Waals surface area contributed by atoms with E-state index >= 15 is 0 Å². The molecule has 1 fully saturated rings. The Hall–Kier alpha value is -0.690. The van der Waals surface area contributed by atoms with Gasteiger partial charge in [-0.05, 0) is 26.9 Å². The molecule has 1 amide bonds. The minimum absolute atomic E-state index is 0.158. The zero-order chi connectivity index (χ0) is 13.7. The molecule has 1 aliphatic heterocycles. The van der Waals surface area contributed by atoms with Crippen LogP contribution in [0.1, 0.15) is 26.2 Å². The molecule has 4 N–H and O–H groups in total. The summed E-state index contributed by atoms with van der Waals surface area (Å²) in [5.41, 5.74) is 2.24. The van der Waals surface area contributed by atoms with Gasteiger partial charge in [0.2, 0.25) is 0 Å². The molecular formula is C12H26N4O2. The maximum Gasteiger partial charge on any atom is 0.251 e. The Balaban J connectivity index is 2.76. The molecule has 3 unspecified atom stereocenters. The van der Waals surface area contributed by atoms with Crippen LogP contribution in [0.15, 0.2) is 0 Å². The number of carbonyl (C=O) groups is 1. The van der Waals surface area contributed by atoms with Gasteiger partial charge in [0.15, 0.2) is 0 Å². The number of aliphatic hydroxyl groups is 1. The fourth-order valence-electron chi connectivity index (χ4n) is 2.72. The fourth-order valence-corrected chi connectivity index (χ4v) is 2.72. The van der Waals surface area contributed by atoms with Gasteiger partial charge in [-0.15, -0.1) is 0 Å². The minimum atomic E-state index is -0.347. The Kier molecular flexibility index (Phi) is 6.01. The molecule has 1 heterocycles. The van der Waals surface area contributed by atoms with Crippen LogP contribution in [0.3, 0.4) is 0 Å². The molecule has 1 aliphatic rings. The SMILES string of the molecule is CCCC(C(=O)NN)N1CC(O)CC1CN(C)C. The third-order valence-corrected chi connectivity index (χ3v) is 3.42. The van der Waals surface area contributed by atoms with Crippen LogP contribution in [0.25, 0.3) is 0 Å². The van der Waals surface area contributed by atoms with Gasteiger partial charge in [0.1, 0.15) is 0 Å². The van der Waals surface area contributed by atoms with Crippen molar-refractivity contribution in [2.45, 2.75) is 44.4 Å².